The molecule has 0 spiro atoms. The standard InChI is InChI=1S/C19H19ClN4O3/c1-12-4-3-5-15(22-12)6-13(2)23-19(25)18-8-17(27-24-18)11-26-16-7-14(20)9-21-10-16/h3-5,7-10,13H,6,11H2,1-2H3,(H,23,25). The van der Waals surface area contributed by atoms with Crippen LogP contribution in [0.1, 0.15) is 34.6 Å². The van der Waals surface area contributed by atoms with Crippen molar-refractivity contribution in [3.63, 3.8) is 0 Å². The molecule has 8 heteroatoms. The molecule has 0 saturated carbocycles. The molecule has 0 aliphatic heterocycles. The topological polar surface area (TPSA) is 90.1 Å². The number of ether oxygens (including phenoxy) is 1. The summed E-state index contributed by atoms with van der Waals surface area (Å²) in [5.74, 6) is 0.617. The van der Waals surface area contributed by atoms with Crippen LogP contribution >= 0.6 is 11.6 Å². The lowest BCUT2D eigenvalue weighted by molar-refractivity contribution is 0.0930. The second-order valence-corrected chi connectivity index (χ2v) is 6.59. The summed E-state index contributed by atoms with van der Waals surface area (Å²) in [6, 6.07) is 8.91. The van der Waals surface area contributed by atoms with E-state index >= 15 is 0 Å². The van der Waals surface area contributed by atoms with Gasteiger partial charge in [0.1, 0.15) is 12.4 Å². The number of hydrogen-bond acceptors (Lipinski definition) is 6. The van der Waals surface area contributed by atoms with Gasteiger partial charge >= 0.3 is 0 Å². The smallest absolute Gasteiger partial charge is 0.273 e. The quantitative estimate of drug-likeness (QED) is 0.669. The van der Waals surface area contributed by atoms with Gasteiger partial charge in [-0.15, -0.1) is 0 Å². The highest BCUT2D eigenvalue weighted by Crippen LogP contribution is 2.17. The van der Waals surface area contributed by atoms with Crippen molar-refractivity contribution in [2.45, 2.75) is 32.9 Å². The Hall–Kier alpha value is -2.93. The van der Waals surface area contributed by atoms with Crippen molar-refractivity contribution in [3.8, 4) is 5.75 Å². The maximum absolute atomic E-state index is 12.3. The van der Waals surface area contributed by atoms with E-state index in [4.69, 9.17) is 20.9 Å². The normalized spacial score (nSPS) is 11.8. The van der Waals surface area contributed by atoms with E-state index in [0.29, 0.717) is 23.0 Å². The lowest BCUT2D eigenvalue weighted by atomic mass is 10.1. The van der Waals surface area contributed by atoms with Gasteiger partial charge in [0, 0.05) is 42.2 Å². The average Bonchev–Trinajstić information content (AvgIpc) is 3.09. The first-order valence-electron chi connectivity index (χ1n) is 8.42. The minimum atomic E-state index is -0.311. The largest absolute Gasteiger partial charge is 0.484 e. The zero-order chi connectivity index (χ0) is 19.2. The van der Waals surface area contributed by atoms with Crippen molar-refractivity contribution in [1.29, 1.82) is 0 Å². The summed E-state index contributed by atoms with van der Waals surface area (Å²) in [5, 5.41) is 7.16. The number of amides is 1. The first-order valence-corrected chi connectivity index (χ1v) is 8.80. The zero-order valence-corrected chi connectivity index (χ0v) is 15.7. The van der Waals surface area contributed by atoms with Crippen LogP contribution in [0.3, 0.4) is 0 Å². The van der Waals surface area contributed by atoms with Crippen molar-refractivity contribution in [2.75, 3.05) is 0 Å². The van der Waals surface area contributed by atoms with E-state index in [9.17, 15) is 4.79 Å². The Morgan fingerprint density at radius 3 is 2.96 bits per heavy atom. The summed E-state index contributed by atoms with van der Waals surface area (Å²) < 4.78 is 10.7. The number of hydrogen-bond donors (Lipinski definition) is 1. The second-order valence-electron chi connectivity index (χ2n) is 6.15. The van der Waals surface area contributed by atoms with Crippen LogP contribution < -0.4 is 10.1 Å². The predicted molar refractivity (Wildman–Crippen MR) is 99.7 cm³/mol. The number of aromatic nitrogens is 3. The van der Waals surface area contributed by atoms with Gasteiger partial charge in [-0.25, -0.2) is 0 Å². The molecule has 1 N–H and O–H groups in total. The Balaban J connectivity index is 1.53. The van der Waals surface area contributed by atoms with Crippen LogP contribution in [0.25, 0.3) is 0 Å². The van der Waals surface area contributed by atoms with E-state index in [2.05, 4.69) is 20.4 Å². The van der Waals surface area contributed by atoms with Gasteiger partial charge in [-0.05, 0) is 26.0 Å². The highest BCUT2D eigenvalue weighted by molar-refractivity contribution is 6.30. The van der Waals surface area contributed by atoms with Crippen molar-refractivity contribution >= 4 is 17.5 Å². The Bertz CT molecular complexity index is 929. The number of carbonyl (C=O) groups excluding carboxylic acids is 1. The number of halogens is 1. The Morgan fingerprint density at radius 2 is 2.19 bits per heavy atom. The number of nitrogens with one attached hydrogen (secondary N) is 1. The van der Waals surface area contributed by atoms with Gasteiger partial charge in [0.15, 0.2) is 11.5 Å². The van der Waals surface area contributed by atoms with Crippen LogP contribution in [0, 0.1) is 6.92 Å². The van der Waals surface area contributed by atoms with Crippen molar-refractivity contribution in [3.05, 3.63) is 70.6 Å². The summed E-state index contributed by atoms with van der Waals surface area (Å²) in [7, 11) is 0. The minimum Gasteiger partial charge on any atom is -0.484 e. The summed E-state index contributed by atoms with van der Waals surface area (Å²) in [6.07, 6.45) is 3.68. The Morgan fingerprint density at radius 1 is 1.33 bits per heavy atom. The van der Waals surface area contributed by atoms with Crippen LogP contribution in [0.2, 0.25) is 5.02 Å². The molecule has 0 fully saturated rings. The molecule has 0 aliphatic carbocycles. The second kappa shape index (κ2) is 8.64. The first kappa shape index (κ1) is 18.8. The summed E-state index contributed by atoms with van der Waals surface area (Å²) in [6.45, 7) is 3.97. The average molecular weight is 387 g/mol. The van der Waals surface area contributed by atoms with Crippen LogP contribution in [-0.2, 0) is 13.0 Å². The highest BCUT2D eigenvalue weighted by Gasteiger charge is 2.16. The van der Waals surface area contributed by atoms with E-state index in [1.165, 1.54) is 12.4 Å². The van der Waals surface area contributed by atoms with E-state index in [-0.39, 0.29) is 24.2 Å². The molecule has 27 heavy (non-hydrogen) atoms. The lowest BCUT2D eigenvalue weighted by Crippen LogP contribution is -2.34. The first-order chi connectivity index (χ1) is 13.0. The van der Waals surface area contributed by atoms with Crippen LogP contribution in [0.5, 0.6) is 5.75 Å². The molecular weight excluding hydrogens is 368 g/mol. The lowest BCUT2D eigenvalue weighted by Gasteiger charge is -2.12. The van der Waals surface area contributed by atoms with E-state index in [1.807, 2.05) is 32.0 Å². The third-order valence-corrected chi connectivity index (χ3v) is 3.90. The maximum Gasteiger partial charge on any atom is 0.273 e. The molecule has 0 aromatic carbocycles. The monoisotopic (exact) mass is 386 g/mol. The molecule has 0 bridgehead atoms. The SMILES string of the molecule is Cc1cccc(CC(C)NC(=O)c2cc(COc3cncc(Cl)c3)on2)n1. The number of pyridine rings is 2. The number of rotatable bonds is 7. The molecule has 1 amide bonds. The fraction of sp³-hybridized carbons (Fsp3) is 0.263. The molecule has 7 nitrogen and oxygen atoms in total. The molecular formula is C19H19ClN4O3. The highest BCUT2D eigenvalue weighted by atomic mass is 35.5. The number of nitrogens with zero attached hydrogens (tertiary/aromatic N) is 3. The van der Waals surface area contributed by atoms with Crippen molar-refractivity contribution in [1.82, 2.24) is 20.4 Å². The molecule has 3 heterocycles. The van der Waals surface area contributed by atoms with E-state index in [0.717, 1.165) is 11.4 Å². The van der Waals surface area contributed by atoms with E-state index < -0.39 is 0 Å². The molecule has 140 valence electrons. The van der Waals surface area contributed by atoms with Gasteiger partial charge in [-0.3, -0.25) is 14.8 Å². The number of aryl methyl sites for hydroxylation is 1. The van der Waals surface area contributed by atoms with Crippen molar-refractivity contribution < 1.29 is 14.1 Å². The van der Waals surface area contributed by atoms with Gasteiger partial charge < -0.3 is 14.6 Å². The van der Waals surface area contributed by atoms with Gasteiger partial charge in [-0.1, -0.05) is 22.8 Å². The molecule has 0 radical (unpaired) electrons. The summed E-state index contributed by atoms with van der Waals surface area (Å²) in [5.41, 5.74) is 2.07. The Kier molecular flexibility index (Phi) is 6.03. The maximum atomic E-state index is 12.3. The molecule has 3 aromatic heterocycles. The minimum absolute atomic E-state index is 0.0965. The molecule has 3 rings (SSSR count). The van der Waals surface area contributed by atoms with Crippen molar-refractivity contribution in [2.24, 2.45) is 0 Å². The fourth-order valence-corrected chi connectivity index (χ4v) is 2.65. The van der Waals surface area contributed by atoms with Crippen LogP contribution in [0.15, 0.2) is 47.2 Å². The van der Waals surface area contributed by atoms with Gasteiger partial charge in [0.25, 0.3) is 5.91 Å². The molecule has 1 atom stereocenters. The Labute approximate surface area is 161 Å². The van der Waals surface area contributed by atoms with E-state index in [1.54, 1.807) is 12.1 Å². The molecule has 3 aromatic rings. The van der Waals surface area contributed by atoms with Gasteiger partial charge in [0.05, 0.1) is 11.2 Å². The summed E-state index contributed by atoms with van der Waals surface area (Å²) in [4.78, 5) is 20.7. The zero-order valence-electron chi connectivity index (χ0n) is 15.0. The fourth-order valence-electron chi connectivity index (χ4n) is 2.49. The van der Waals surface area contributed by atoms with Gasteiger partial charge in [-0.2, -0.15) is 0 Å². The van der Waals surface area contributed by atoms with Crippen LogP contribution in [0.4, 0.5) is 0 Å². The van der Waals surface area contributed by atoms with Gasteiger partial charge in [0.2, 0.25) is 0 Å². The number of carbonyl (C=O) groups is 1. The summed E-state index contributed by atoms with van der Waals surface area (Å²) >= 11 is 5.85. The molecule has 0 saturated heterocycles. The van der Waals surface area contributed by atoms with Crippen LogP contribution in [-0.4, -0.2) is 27.1 Å². The predicted octanol–water partition coefficient (Wildman–Crippen LogP) is 3.37. The molecule has 1 unspecified atom stereocenters. The third-order valence-electron chi connectivity index (χ3n) is 3.69. The molecule has 0 aliphatic rings. The third kappa shape index (κ3) is 5.52.